The number of nitrogens with zero attached hydrogens (tertiary/aromatic N) is 1. The summed E-state index contributed by atoms with van der Waals surface area (Å²) < 4.78 is 25.8. The second-order valence-corrected chi connectivity index (χ2v) is 8.95. The molecule has 5 nitrogen and oxygen atoms in total. The molecule has 1 amide bonds. The molecule has 0 unspecified atom stereocenters. The van der Waals surface area contributed by atoms with Crippen molar-refractivity contribution in [1.29, 1.82) is 0 Å². The summed E-state index contributed by atoms with van der Waals surface area (Å²) in [6.45, 7) is 6.65. The van der Waals surface area contributed by atoms with Crippen LogP contribution in [0.5, 0.6) is 0 Å². The second kappa shape index (κ2) is 9.04. The van der Waals surface area contributed by atoms with Gasteiger partial charge in [-0.15, -0.1) is 0 Å². The maximum Gasteiger partial charge on any atom is 0.232 e. The van der Waals surface area contributed by atoms with Crippen LogP contribution >= 0.6 is 0 Å². The van der Waals surface area contributed by atoms with Crippen LogP contribution in [0.4, 0.5) is 5.69 Å². The van der Waals surface area contributed by atoms with Gasteiger partial charge in [-0.25, -0.2) is 8.42 Å². The Kier molecular flexibility index (Phi) is 7.02. The van der Waals surface area contributed by atoms with E-state index in [1.54, 1.807) is 0 Å². The van der Waals surface area contributed by atoms with Crippen LogP contribution in [0.2, 0.25) is 0 Å². The monoisotopic (exact) mass is 388 g/mol. The summed E-state index contributed by atoms with van der Waals surface area (Å²) in [6, 6.07) is 13.7. The van der Waals surface area contributed by atoms with Crippen LogP contribution in [0.15, 0.2) is 42.5 Å². The van der Waals surface area contributed by atoms with Crippen LogP contribution in [0, 0.1) is 20.8 Å². The van der Waals surface area contributed by atoms with Crippen molar-refractivity contribution in [2.75, 3.05) is 17.1 Å². The van der Waals surface area contributed by atoms with Crippen LogP contribution in [0.3, 0.4) is 0 Å². The largest absolute Gasteiger partial charge is 0.352 e. The van der Waals surface area contributed by atoms with Gasteiger partial charge in [-0.3, -0.25) is 9.10 Å². The summed E-state index contributed by atoms with van der Waals surface area (Å²) in [5.74, 6) is -0.0792. The molecular formula is C21H28N2O3S. The first kappa shape index (κ1) is 21.0. The number of carbonyl (C=O) groups is 1. The van der Waals surface area contributed by atoms with Crippen molar-refractivity contribution in [1.82, 2.24) is 5.32 Å². The van der Waals surface area contributed by atoms with Gasteiger partial charge < -0.3 is 5.32 Å². The minimum Gasteiger partial charge on any atom is -0.352 e. The molecule has 0 aliphatic rings. The smallest absolute Gasteiger partial charge is 0.232 e. The third kappa shape index (κ3) is 6.71. The van der Waals surface area contributed by atoms with Crippen LogP contribution in [-0.2, 0) is 21.4 Å². The van der Waals surface area contributed by atoms with E-state index in [-0.39, 0.29) is 18.9 Å². The standard InChI is InChI=1S/C21H28N2O3S/c1-16-7-9-19(10-8-16)15-22-21(24)6-5-11-23(27(4,25)26)20-13-17(2)12-18(3)14-20/h7-10,12-14H,5-6,11,15H2,1-4H3,(H,22,24). The molecule has 2 rings (SSSR count). The number of carbonyl (C=O) groups excluding carboxylic acids is 1. The SMILES string of the molecule is Cc1ccc(CNC(=O)CCCN(c2cc(C)cc(C)c2)S(C)(=O)=O)cc1. The Morgan fingerprint density at radius 2 is 1.56 bits per heavy atom. The quantitative estimate of drug-likeness (QED) is 0.753. The van der Waals surface area contributed by atoms with Crippen LogP contribution in [0.1, 0.15) is 35.1 Å². The average Bonchev–Trinajstić information content (AvgIpc) is 2.56. The number of anilines is 1. The van der Waals surface area contributed by atoms with Gasteiger partial charge in [-0.1, -0.05) is 35.9 Å². The zero-order valence-corrected chi connectivity index (χ0v) is 17.3. The molecule has 0 saturated carbocycles. The molecule has 0 aliphatic carbocycles. The first-order chi connectivity index (χ1) is 12.6. The van der Waals surface area contributed by atoms with E-state index in [9.17, 15) is 13.2 Å². The summed E-state index contributed by atoms with van der Waals surface area (Å²) in [6.07, 6.45) is 1.94. The van der Waals surface area contributed by atoms with E-state index in [4.69, 9.17) is 0 Å². The molecule has 0 radical (unpaired) electrons. The highest BCUT2D eigenvalue weighted by atomic mass is 32.2. The van der Waals surface area contributed by atoms with Gasteiger partial charge in [0.1, 0.15) is 0 Å². The van der Waals surface area contributed by atoms with E-state index in [1.165, 1.54) is 16.1 Å². The minimum atomic E-state index is -3.41. The molecule has 0 fully saturated rings. The average molecular weight is 389 g/mol. The topological polar surface area (TPSA) is 66.5 Å². The van der Waals surface area contributed by atoms with E-state index in [1.807, 2.05) is 63.2 Å². The highest BCUT2D eigenvalue weighted by molar-refractivity contribution is 7.92. The van der Waals surface area contributed by atoms with E-state index < -0.39 is 10.0 Å². The van der Waals surface area contributed by atoms with Gasteiger partial charge in [0.15, 0.2) is 0 Å². The molecule has 2 aromatic rings. The van der Waals surface area contributed by atoms with Crippen LogP contribution in [0.25, 0.3) is 0 Å². The zero-order valence-electron chi connectivity index (χ0n) is 16.5. The Bertz CT molecular complexity index is 870. The van der Waals surface area contributed by atoms with E-state index in [0.717, 1.165) is 16.7 Å². The number of nitrogens with one attached hydrogen (secondary N) is 1. The fourth-order valence-electron chi connectivity index (χ4n) is 2.96. The zero-order chi connectivity index (χ0) is 20.0. The third-order valence-corrected chi connectivity index (χ3v) is 5.46. The molecule has 0 aliphatic heterocycles. The predicted octanol–water partition coefficient (Wildman–Crippen LogP) is 3.47. The van der Waals surface area contributed by atoms with Gasteiger partial charge in [-0.05, 0) is 56.0 Å². The molecule has 6 heteroatoms. The summed E-state index contributed by atoms with van der Waals surface area (Å²) in [7, 11) is -3.41. The minimum absolute atomic E-state index is 0.0792. The first-order valence-corrected chi connectivity index (χ1v) is 10.9. The highest BCUT2D eigenvalue weighted by Gasteiger charge is 2.18. The lowest BCUT2D eigenvalue weighted by Gasteiger charge is -2.23. The fraction of sp³-hybridized carbons (Fsp3) is 0.381. The highest BCUT2D eigenvalue weighted by Crippen LogP contribution is 2.21. The molecule has 0 aromatic heterocycles. The van der Waals surface area contributed by atoms with E-state index >= 15 is 0 Å². The molecule has 1 N–H and O–H groups in total. The molecular weight excluding hydrogens is 360 g/mol. The van der Waals surface area contributed by atoms with Gasteiger partial charge in [0.25, 0.3) is 0 Å². The third-order valence-electron chi connectivity index (χ3n) is 4.27. The maximum atomic E-state index is 12.2. The van der Waals surface area contributed by atoms with Crippen molar-refractivity contribution in [3.8, 4) is 0 Å². The van der Waals surface area contributed by atoms with Crippen molar-refractivity contribution in [3.63, 3.8) is 0 Å². The van der Waals surface area contributed by atoms with E-state index in [0.29, 0.717) is 18.7 Å². The normalized spacial score (nSPS) is 11.3. The van der Waals surface area contributed by atoms with E-state index in [2.05, 4.69) is 5.32 Å². The lowest BCUT2D eigenvalue weighted by Crippen LogP contribution is -2.32. The second-order valence-electron chi connectivity index (χ2n) is 7.05. The number of hydrogen-bond acceptors (Lipinski definition) is 3. The Hall–Kier alpha value is -2.34. The van der Waals surface area contributed by atoms with Crippen molar-refractivity contribution in [3.05, 3.63) is 64.7 Å². The number of sulfonamides is 1. The van der Waals surface area contributed by atoms with Gasteiger partial charge in [-0.2, -0.15) is 0 Å². The summed E-state index contributed by atoms with van der Waals surface area (Å²) in [5, 5.41) is 2.88. The Labute approximate surface area is 162 Å². The molecule has 0 heterocycles. The van der Waals surface area contributed by atoms with Gasteiger partial charge in [0.05, 0.1) is 11.9 Å². The number of amides is 1. The molecule has 0 spiro atoms. The van der Waals surface area contributed by atoms with Crippen molar-refractivity contribution < 1.29 is 13.2 Å². The lowest BCUT2D eigenvalue weighted by atomic mass is 10.1. The Morgan fingerprint density at radius 3 is 2.11 bits per heavy atom. The van der Waals surface area contributed by atoms with Crippen LogP contribution in [-0.4, -0.2) is 27.1 Å². The molecule has 0 atom stereocenters. The number of hydrogen-bond donors (Lipinski definition) is 1. The summed E-state index contributed by atoms with van der Waals surface area (Å²) in [4.78, 5) is 12.1. The number of aryl methyl sites for hydroxylation is 3. The summed E-state index contributed by atoms with van der Waals surface area (Å²) >= 11 is 0. The number of rotatable bonds is 8. The molecule has 27 heavy (non-hydrogen) atoms. The molecule has 0 bridgehead atoms. The lowest BCUT2D eigenvalue weighted by molar-refractivity contribution is -0.121. The van der Waals surface area contributed by atoms with Gasteiger partial charge in [0, 0.05) is 19.5 Å². The van der Waals surface area contributed by atoms with Crippen molar-refractivity contribution >= 4 is 21.6 Å². The Balaban J connectivity index is 1.91. The number of benzene rings is 2. The Morgan fingerprint density at radius 1 is 0.963 bits per heavy atom. The molecule has 2 aromatic carbocycles. The van der Waals surface area contributed by atoms with Crippen molar-refractivity contribution in [2.24, 2.45) is 0 Å². The van der Waals surface area contributed by atoms with Crippen molar-refractivity contribution in [2.45, 2.75) is 40.2 Å². The van der Waals surface area contributed by atoms with Gasteiger partial charge >= 0.3 is 0 Å². The molecule has 146 valence electrons. The first-order valence-electron chi connectivity index (χ1n) is 9.03. The predicted molar refractivity (Wildman–Crippen MR) is 110 cm³/mol. The maximum absolute atomic E-state index is 12.2. The van der Waals surface area contributed by atoms with Gasteiger partial charge in [0.2, 0.25) is 15.9 Å². The fourth-order valence-corrected chi connectivity index (χ4v) is 3.91. The molecule has 0 saturated heterocycles. The van der Waals surface area contributed by atoms with Crippen LogP contribution < -0.4 is 9.62 Å². The summed E-state index contributed by atoms with van der Waals surface area (Å²) in [5.41, 5.74) is 4.89.